The average Bonchev–Trinajstić information content (AvgIpc) is 3.35. The maximum Gasteiger partial charge on any atom is 0.412 e. The molecule has 0 radical (unpaired) electrons. The van der Waals surface area contributed by atoms with Crippen LogP contribution in [-0.2, 0) is 0 Å². The van der Waals surface area contributed by atoms with Crippen LogP contribution < -0.4 is 14.4 Å². The van der Waals surface area contributed by atoms with Crippen molar-refractivity contribution in [2.24, 2.45) is 0 Å². The standard InChI is InChI=1S/C27H20ClFN6O4S/c1-13(35(27(36)37)17-5-4-16(10-30)31-11-17)14(2)39-22-9-23-20(8-19(22)29)34-26(40-23)18-6-15(28)7-21-25(18)32-12-24(33-21)38-3/h4-9,11-14H,1-3H3,(H,36,37). The van der Waals surface area contributed by atoms with E-state index in [0.29, 0.717) is 42.7 Å². The predicted molar refractivity (Wildman–Crippen MR) is 149 cm³/mol. The van der Waals surface area contributed by atoms with E-state index in [2.05, 4.69) is 19.9 Å². The van der Waals surface area contributed by atoms with Crippen molar-refractivity contribution in [3.05, 3.63) is 65.3 Å². The highest BCUT2D eigenvalue weighted by Gasteiger charge is 2.28. The lowest BCUT2D eigenvalue weighted by Gasteiger charge is -2.31. The molecule has 202 valence electrons. The van der Waals surface area contributed by atoms with Crippen molar-refractivity contribution in [3.63, 3.8) is 0 Å². The van der Waals surface area contributed by atoms with E-state index < -0.39 is 24.1 Å². The largest absolute Gasteiger partial charge is 0.485 e. The summed E-state index contributed by atoms with van der Waals surface area (Å²) in [6, 6.07) is 10.3. The maximum absolute atomic E-state index is 15.1. The van der Waals surface area contributed by atoms with Gasteiger partial charge < -0.3 is 14.6 Å². The molecule has 0 spiro atoms. The molecule has 3 heterocycles. The molecule has 0 aliphatic carbocycles. The Labute approximate surface area is 236 Å². The van der Waals surface area contributed by atoms with Crippen molar-refractivity contribution in [2.45, 2.75) is 26.0 Å². The van der Waals surface area contributed by atoms with E-state index in [9.17, 15) is 9.90 Å². The van der Waals surface area contributed by atoms with Crippen molar-refractivity contribution in [3.8, 4) is 28.3 Å². The number of ether oxygens (including phenoxy) is 2. The Morgan fingerprint density at radius 3 is 2.62 bits per heavy atom. The second-order valence-electron chi connectivity index (χ2n) is 8.73. The van der Waals surface area contributed by atoms with Crippen LogP contribution >= 0.6 is 22.9 Å². The van der Waals surface area contributed by atoms with Crippen molar-refractivity contribution < 1.29 is 23.8 Å². The molecule has 3 aromatic heterocycles. The smallest absolute Gasteiger partial charge is 0.412 e. The summed E-state index contributed by atoms with van der Waals surface area (Å²) >= 11 is 7.64. The zero-order valence-corrected chi connectivity index (χ0v) is 22.9. The van der Waals surface area contributed by atoms with E-state index in [4.69, 9.17) is 26.3 Å². The molecule has 13 heteroatoms. The number of carbonyl (C=O) groups is 1. The number of pyridine rings is 1. The monoisotopic (exact) mass is 578 g/mol. The quantitative estimate of drug-likeness (QED) is 0.235. The van der Waals surface area contributed by atoms with Crippen LogP contribution in [0.25, 0.3) is 31.8 Å². The summed E-state index contributed by atoms with van der Waals surface area (Å²) in [5, 5.41) is 19.8. The van der Waals surface area contributed by atoms with E-state index >= 15 is 4.39 Å². The molecule has 1 N–H and O–H groups in total. The van der Waals surface area contributed by atoms with Crippen molar-refractivity contribution in [1.82, 2.24) is 19.9 Å². The van der Waals surface area contributed by atoms with Crippen LogP contribution in [0.3, 0.4) is 0 Å². The maximum atomic E-state index is 15.1. The molecule has 0 saturated carbocycles. The van der Waals surface area contributed by atoms with Crippen LogP contribution in [0.5, 0.6) is 11.6 Å². The van der Waals surface area contributed by atoms with Crippen molar-refractivity contribution >= 4 is 56.0 Å². The zero-order valence-electron chi connectivity index (χ0n) is 21.3. The van der Waals surface area contributed by atoms with Crippen molar-refractivity contribution in [2.75, 3.05) is 12.0 Å². The highest BCUT2D eigenvalue weighted by Crippen LogP contribution is 2.38. The molecule has 0 fully saturated rings. The van der Waals surface area contributed by atoms with Gasteiger partial charge in [-0.2, -0.15) is 5.26 Å². The van der Waals surface area contributed by atoms with E-state index in [1.54, 1.807) is 26.0 Å². The van der Waals surface area contributed by atoms with Crippen LogP contribution in [0.2, 0.25) is 5.02 Å². The van der Waals surface area contributed by atoms with Gasteiger partial charge in [0.2, 0.25) is 5.88 Å². The number of benzene rings is 2. The molecular formula is C27H20ClFN6O4S. The van der Waals surface area contributed by atoms with Gasteiger partial charge >= 0.3 is 6.09 Å². The highest BCUT2D eigenvalue weighted by atomic mass is 35.5. The van der Waals surface area contributed by atoms with Gasteiger partial charge in [0.15, 0.2) is 11.6 Å². The first-order valence-electron chi connectivity index (χ1n) is 11.8. The fourth-order valence-electron chi connectivity index (χ4n) is 4.09. The van der Waals surface area contributed by atoms with Gasteiger partial charge in [-0.15, -0.1) is 11.3 Å². The lowest BCUT2D eigenvalue weighted by molar-refractivity contribution is 0.167. The van der Waals surface area contributed by atoms with Crippen LogP contribution in [0.15, 0.2) is 48.8 Å². The van der Waals surface area contributed by atoms with E-state index in [1.807, 2.05) is 6.07 Å². The molecule has 5 aromatic rings. The number of thiazole rings is 1. The third-order valence-electron chi connectivity index (χ3n) is 6.22. The van der Waals surface area contributed by atoms with Crippen LogP contribution in [0.4, 0.5) is 14.9 Å². The molecule has 2 unspecified atom stereocenters. The Hall–Kier alpha value is -4.60. The average molecular weight is 579 g/mol. The molecule has 2 aromatic carbocycles. The van der Waals surface area contributed by atoms with E-state index in [1.165, 1.54) is 55.1 Å². The number of halogens is 2. The number of amides is 1. The van der Waals surface area contributed by atoms with Gasteiger partial charge in [-0.1, -0.05) is 11.6 Å². The Balaban J connectivity index is 1.45. The van der Waals surface area contributed by atoms with Crippen LogP contribution in [0, 0.1) is 17.1 Å². The minimum absolute atomic E-state index is 0.0502. The summed E-state index contributed by atoms with van der Waals surface area (Å²) < 4.78 is 26.8. The molecule has 0 saturated heterocycles. The van der Waals surface area contributed by atoms with Gasteiger partial charge in [-0.3, -0.25) is 4.90 Å². The molecule has 0 aliphatic heterocycles. The number of anilines is 1. The number of nitriles is 1. The number of hydrogen-bond donors (Lipinski definition) is 1. The summed E-state index contributed by atoms with van der Waals surface area (Å²) in [5.74, 6) is -0.356. The first-order valence-corrected chi connectivity index (χ1v) is 13.0. The van der Waals surface area contributed by atoms with Gasteiger partial charge in [0.25, 0.3) is 0 Å². The Morgan fingerprint density at radius 1 is 1.15 bits per heavy atom. The molecule has 0 bridgehead atoms. The number of aromatic nitrogens is 4. The molecule has 1 amide bonds. The number of nitrogens with zero attached hydrogens (tertiary/aromatic N) is 6. The third-order valence-corrected chi connectivity index (χ3v) is 7.49. The molecule has 10 nitrogen and oxygen atoms in total. The lowest BCUT2D eigenvalue weighted by Crippen LogP contribution is -2.46. The summed E-state index contributed by atoms with van der Waals surface area (Å²) in [6.07, 6.45) is 0.789. The first kappa shape index (κ1) is 27.0. The van der Waals surface area contributed by atoms with Gasteiger partial charge in [0, 0.05) is 22.7 Å². The summed E-state index contributed by atoms with van der Waals surface area (Å²) in [4.78, 5) is 30.5. The summed E-state index contributed by atoms with van der Waals surface area (Å²) in [7, 11) is 1.49. The fraction of sp³-hybridized carbons (Fsp3) is 0.185. The number of methoxy groups -OCH3 is 1. The van der Waals surface area contributed by atoms with Crippen molar-refractivity contribution in [1.29, 1.82) is 5.26 Å². The Morgan fingerprint density at radius 2 is 1.95 bits per heavy atom. The summed E-state index contributed by atoms with van der Waals surface area (Å²) in [5.41, 5.74) is 2.55. The third kappa shape index (κ3) is 5.16. The minimum Gasteiger partial charge on any atom is -0.485 e. The molecule has 2 atom stereocenters. The Bertz CT molecular complexity index is 1790. The SMILES string of the molecule is COc1cnc2c(-c3nc4cc(F)c(OC(C)C(C)N(C(=O)O)c5ccc(C#N)nc5)cc4s3)cc(Cl)cc2n1. The first-order chi connectivity index (χ1) is 19.2. The van der Waals surface area contributed by atoms with Crippen LogP contribution in [0.1, 0.15) is 19.5 Å². The number of hydrogen-bond acceptors (Lipinski definition) is 9. The van der Waals surface area contributed by atoms with Gasteiger partial charge in [0.1, 0.15) is 22.9 Å². The predicted octanol–water partition coefficient (Wildman–Crippen LogP) is 6.31. The highest BCUT2D eigenvalue weighted by molar-refractivity contribution is 7.21. The minimum atomic E-state index is -1.24. The van der Waals surface area contributed by atoms with Crippen LogP contribution in [-0.4, -0.2) is 50.4 Å². The second-order valence-corrected chi connectivity index (χ2v) is 10.2. The molecule has 0 aliphatic rings. The second kappa shape index (κ2) is 10.9. The van der Waals surface area contributed by atoms with E-state index in [-0.39, 0.29) is 17.1 Å². The topological polar surface area (TPSA) is 134 Å². The van der Waals surface area contributed by atoms with Gasteiger partial charge in [-0.05, 0) is 38.1 Å². The number of carboxylic acid groups (broad SMARTS) is 1. The fourth-order valence-corrected chi connectivity index (χ4v) is 5.30. The lowest BCUT2D eigenvalue weighted by atomic mass is 10.1. The zero-order chi connectivity index (χ0) is 28.6. The summed E-state index contributed by atoms with van der Waals surface area (Å²) in [6.45, 7) is 3.28. The number of fused-ring (bicyclic) bond motifs is 2. The van der Waals surface area contributed by atoms with Gasteiger partial charge in [-0.25, -0.2) is 29.1 Å². The van der Waals surface area contributed by atoms with Gasteiger partial charge in [0.05, 0.1) is 52.5 Å². The molecular weight excluding hydrogens is 559 g/mol. The number of rotatable bonds is 7. The molecule has 5 rings (SSSR count). The van der Waals surface area contributed by atoms with E-state index in [0.717, 1.165) is 4.90 Å². The Kier molecular flexibility index (Phi) is 7.34. The normalized spacial score (nSPS) is 12.6. The molecule has 40 heavy (non-hydrogen) atoms.